The molecule has 0 unspecified atom stereocenters. The number of benzene rings is 1. The molecule has 2 rings (SSSR count). The molecule has 0 amide bonds. The Morgan fingerprint density at radius 1 is 1.15 bits per heavy atom. The van der Waals surface area contributed by atoms with Crippen molar-refractivity contribution >= 4 is 21.8 Å². The van der Waals surface area contributed by atoms with Crippen LogP contribution in [-0.2, 0) is 21.3 Å². The average molecular weight is 392 g/mol. The van der Waals surface area contributed by atoms with Gasteiger partial charge in [-0.1, -0.05) is 13.0 Å². The van der Waals surface area contributed by atoms with Gasteiger partial charge in [-0.05, 0) is 45.0 Å². The van der Waals surface area contributed by atoms with Crippen molar-refractivity contribution in [2.24, 2.45) is 0 Å². The van der Waals surface area contributed by atoms with Crippen LogP contribution in [0.2, 0.25) is 0 Å². The summed E-state index contributed by atoms with van der Waals surface area (Å²) >= 11 is 0. The van der Waals surface area contributed by atoms with Crippen LogP contribution in [0.5, 0.6) is 0 Å². The number of ether oxygens (including phenoxy) is 1. The Balaban J connectivity index is 2.11. The Labute approximate surface area is 159 Å². The summed E-state index contributed by atoms with van der Waals surface area (Å²) in [6.45, 7) is 7.99. The number of hydrogen-bond acceptors (Lipinski definition) is 5. The van der Waals surface area contributed by atoms with E-state index in [9.17, 15) is 18.0 Å². The lowest BCUT2D eigenvalue weighted by molar-refractivity contribution is 0.0474. The van der Waals surface area contributed by atoms with Crippen molar-refractivity contribution in [3.8, 4) is 0 Å². The van der Waals surface area contributed by atoms with E-state index in [0.29, 0.717) is 5.56 Å². The summed E-state index contributed by atoms with van der Waals surface area (Å²) in [5.74, 6) is -1.05. The maximum Gasteiger partial charge on any atom is 0.338 e. The normalized spacial score (nSPS) is 11.4. The van der Waals surface area contributed by atoms with Gasteiger partial charge in [-0.15, -0.1) is 0 Å². The molecule has 0 bridgehead atoms. The zero-order valence-corrected chi connectivity index (χ0v) is 16.7. The van der Waals surface area contributed by atoms with Crippen LogP contribution in [0.4, 0.5) is 0 Å². The van der Waals surface area contributed by atoms with E-state index in [2.05, 4.69) is 4.72 Å². The highest BCUT2D eigenvalue weighted by molar-refractivity contribution is 7.89. The summed E-state index contributed by atoms with van der Waals surface area (Å²) in [6.07, 6.45) is 0. The van der Waals surface area contributed by atoms with Gasteiger partial charge in [0.2, 0.25) is 15.8 Å². The quantitative estimate of drug-likeness (QED) is 0.550. The lowest BCUT2D eigenvalue weighted by Gasteiger charge is -2.08. The number of esters is 1. The number of hydrogen-bond donors (Lipinski definition) is 1. The van der Waals surface area contributed by atoms with E-state index in [1.165, 1.54) is 24.3 Å². The summed E-state index contributed by atoms with van der Waals surface area (Å²) in [5.41, 5.74) is 2.38. The van der Waals surface area contributed by atoms with Crippen molar-refractivity contribution in [2.45, 2.75) is 39.1 Å². The summed E-state index contributed by atoms with van der Waals surface area (Å²) in [6, 6.07) is 7.30. The first-order valence-electron chi connectivity index (χ1n) is 8.68. The second-order valence-electron chi connectivity index (χ2n) is 6.06. The summed E-state index contributed by atoms with van der Waals surface area (Å²) < 4.78 is 33.5. The van der Waals surface area contributed by atoms with E-state index in [4.69, 9.17) is 4.74 Å². The molecule has 2 aromatic rings. The van der Waals surface area contributed by atoms with E-state index in [-0.39, 0.29) is 22.8 Å². The van der Waals surface area contributed by atoms with E-state index < -0.39 is 22.6 Å². The smallest absolute Gasteiger partial charge is 0.338 e. The summed E-state index contributed by atoms with van der Waals surface area (Å²) in [7, 11) is -3.68. The minimum absolute atomic E-state index is 0.0309. The van der Waals surface area contributed by atoms with E-state index in [1.54, 1.807) is 13.0 Å². The van der Waals surface area contributed by atoms with Gasteiger partial charge >= 0.3 is 5.97 Å². The van der Waals surface area contributed by atoms with Crippen LogP contribution >= 0.6 is 0 Å². The van der Waals surface area contributed by atoms with Crippen LogP contribution in [0.25, 0.3) is 0 Å². The molecule has 0 spiro atoms. The highest BCUT2D eigenvalue weighted by Gasteiger charge is 2.19. The number of carbonyl (C=O) groups excluding carboxylic acids is 2. The van der Waals surface area contributed by atoms with Crippen LogP contribution < -0.4 is 4.72 Å². The number of aromatic nitrogens is 1. The molecule has 1 aromatic carbocycles. The zero-order chi connectivity index (χ0) is 20.2. The Morgan fingerprint density at radius 3 is 2.44 bits per heavy atom. The fraction of sp³-hybridized carbons (Fsp3) is 0.368. The van der Waals surface area contributed by atoms with Crippen molar-refractivity contribution in [3.63, 3.8) is 0 Å². The standard InChI is InChI=1S/C19H24N2O5S/c1-5-20-27(24,25)16-9-7-8-15(11-16)19(23)26-12-18(22)17-10-13(3)21(6-2)14(17)4/h7-11,20H,5-6,12H2,1-4H3. The van der Waals surface area contributed by atoms with Crippen LogP contribution in [0.1, 0.15) is 46.0 Å². The first kappa shape index (κ1) is 20.9. The number of carbonyl (C=O) groups is 2. The molecule has 27 heavy (non-hydrogen) atoms. The Bertz CT molecular complexity index is 960. The number of rotatable bonds is 8. The molecule has 7 nitrogen and oxygen atoms in total. The zero-order valence-electron chi connectivity index (χ0n) is 15.9. The predicted octanol–water partition coefficient (Wildman–Crippen LogP) is 2.46. The molecule has 0 saturated carbocycles. The maximum atomic E-state index is 12.4. The van der Waals surface area contributed by atoms with Crippen LogP contribution in [0.3, 0.4) is 0 Å². The van der Waals surface area contributed by atoms with E-state index in [0.717, 1.165) is 17.9 Å². The number of nitrogens with one attached hydrogen (secondary N) is 1. The van der Waals surface area contributed by atoms with Gasteiger partial charge in [0.25, 0.3) is 0 Å². The lowest BCUT2D eigenvalue weighted by atomic mass is 10.1. The molecule has 0 aliphatic rings. The van der Waals surface area contributed by atoms with Gasteiger partial charge in [0.1, 0.15) is 0 Å². The number of aryl methyl sites for hydroxylation is 1. The molecule has 1 N–H and O–H groups in total. The molecule has 8 heteroatoms. The SMILES string of the molecule is CCNS(=O)(=O)c1cccc(C(=O)OCC(=O)c2cc(C)n(CC)c2C)c1. The number of Topliss-reactive ketones (excluding diaryl/α,β-unsaturated/α-hetero) is 1. The molecule has 146 valence electrons. The molecule has 0 fully saturated rings. The average Bonchev–Trinajstić information content (AvgIpc) is 2.93. The molecule has 0 atom stereocenters. The minimum atomic E-state index is -3.68. The molecule has 0 radical (unpaired) electrons. The summed E-state index contributed by atoms with van der Waals surface area (Å²) in [5, 5.41) is 0. The molecule has 1 aromatic heterocycles. The number of sulfonamides is 1. The molecule has 0 aliphatic carbocycles. The summed E-state index contributed by atoms with van der Waals surface area (Å²) in [4.78, 5) is 24.6. The van der Waals surface area contributed by atoms with Gasteiger partial charge in [-0.3, -0.25) is 4.79 Å². The van der Waals surface area contributed by atoms with Gasteiger partial charge in [0.15, 0.2) is 6.61 Å². The number of nitrogens with zero attached hydrogens (tertiary/aromatic N) is 1. The van der Waals surface area contributed by atoms with Gasteiger partial charge in [0, 0.05) is 30.0 Å². The van der Waals surface area contributed by atoms with Gasteiger partial charge in [0.05, 0.1) is 10.5 Å². The second-order valence-corrected chi connectivity index (χ2v) is 7.82. The largest absolute Gasteiger partial charge is 0.454 e. The first-order chi connectivity index (χ1) is 12.7. The van der Waals surface area contributed by atoms with E-state index >= 15 is 0 Å². The molecule has 1 heterocycles. The van der Waals surface area contributed by atoms with Crippen molar-refractivity contribution in [1.29, 1.82) is 0 Å². The third-order valence-electron chi connectivity index (χ3n) is 4.24. The van der Waals surface area contributed by atoms with Gasteiger partial charge < -0.3 is 9.30 Å². The number of ketones is 1. The Hall–Kier alpha value is -2.45. The van der Waals surface area contributed by atoms with Crippen LogP contribution in [0.15, 0.2) is 35.2 Å². The van der Waals surface area contributed by atoms with Crippen LogP contribution in [-0.4, -0.2) is 37.9 Å². The highest BCUT2D eigenvalue weighted by atomic mass is 32.2. The molecular formula is C19H24N2O5S. The Kier molecular flexibility index (Phi) is 6.56. The van der Waals surface area contributed by atoms with Crippen molar-refractivity contribution in [1.82, 2.24) is 9.29 Å². The van der Waals surface area contributed by atoms with E-state index in [1.807, 2.05) is 25.3 Å². The van der Waals surface area contributed by atoms with Gasteiger partial charge in [-0.2, -0.15) is 0 Å². The molecule has 0 saturated heterocycles. The third-order valence-corrected chi connectivity index (χ3v) is 5.78. The molecular weight excluding hydrogens is 368 g/mol. The fourth-order valence-corrected chi connectivity index (χ4v) is 4.01. The highest BCUT2D eigenvalue weighted by Crippen LogP contribution is 2.16. The first-order valence-corrected chi connectivity index (χ1v) is 10.2. The molecule has 0 aliphatic heterocycles. The maximum absolute atomic E-state index is 12.4. The third kappa shape index (κ3) is 4.64. The predicted molar refractivity (Wildman–Crippen MR) is 101 cm³/mol. The fourth-order valence-electron chi connectivity index (χ4n) is 2.93. The van der Waals surface area contributed by atoms with Crippen molar-refractivity contribution < 1.29 is 22.7 Å². The second kappa shape index (κ2) is 8.49. The van der Waals surface area contributed by atoms with Crippen molar-refractivity contribution in [2.75, 3.05) is 13.2 Å². The monoisotopic (exact) mass is 392 g/mol. The van der Waals surface area contributed by atoms with Crippen LogP contribution in [0, 0.1) is 13.8 Å². The van der Waals surface area contributed by atoms with Gasteiger partial charge in [-0.25, -0.2) is 17.9 Å². The minimum Gasteiger partial charge on any atom is -0.454 e. The lowest BCUT2D eigenvalue weighted by Crippen LogP contribution is -2.23. The topological polar surface area (TPSA) is 94.5 Å². The van der Waals surface area contributed by atoms with Crippen molar-refractivity contribution in [3.05, 3.63) is 52.8 Å². The Morgan fingerprint density at radius 2 is 1.85 bits per heavy atom.